The van der Waals surface area contributed by atoms with Crippen molar-refractivity contribution in [1.29, 1.82) is 0 Å². The number of aliphatic imine (C=N–C) groups is 1. The van der Waals surface area contributed by atoms with Crippen LogP contribution in [0.25, 0.3) is 0 Å². The van der Waals surface area contributed by atoms with Gasteiger partial charge in [-0.3, -0.25) is 4.99 Å². The quantitative estimate of drug-likeness (QED) is 0.540. The molecular weight excluding hydrogens is 318 g/mol. The maximum atomic E-state index is 5.82. The fraction of sp³-hybridized carbons (Fsp3) is 0.708. The van der Waals surface area contributed by atoms with E-state index in [9.17, 15) is 0 Å². The van der Waals surface area contributed by atoms with Crippen molar-refractivity contribution in [2.24, 2.45) is 34.1 Å². The molecular formula is C24H35NO. The molecule has 4 aliphatic rings. The molecule has 1 aromatic rings. The minimum atomic E-state index is 0.456. The fourth-order valence-electron chi connectivity index (χ4n) is 6.11. The molecule has 0 N–H and O–H groups in total. The zero-order valence-electron chi connectivity index (χ0n) is 16.8. The Morgan fingerprint density at radius 3 is 2.12 bits per heavy atom. The first-order valence-corrected chi connectivity index (χ1v) is 10.8. The van der Waals surface area contributed by atoms with E-state index >= 15 is 0 Å². The Morgan fingerprint density at radius 2 is 1.58 bits per heavy atom. The van der Waals surface area contributed by atoms with Gasteiger partial charge in [0.15, 0.2) is 0 Å². The lowest BCUT2D eigenvalue weighted by Crippen LogP contribution is -2.50. The lowest BCUT2D eigenvalue weighted by Gasteiger charge is -2.58. The molecule has 0 aliphatic heterocycles. The van der Waals surface area contributed by atoms with Crippen molar-refractivity contribution < 1.29 is 4.74 Å². The third kappa shape index (κ3) is 3.85. The molecule has 0 aromatic heterocycles. The van der Waals surface area contributed by atoms with E-state index in [1.54, 1.807) is 0 Å². The van der Waals surface area contributed by atoms with Gasteiger partial charge in [0.25, 0.3) is 0 Å². The molecule has 2 nitrogen and oxygen atoms in total. The third-order valence-electron chi connectivity index (χ3n) is 7.26. The number of benzene rings is 1. The van der Waals surface area contributed by atoms with Crippen molar-refractivity contribution in [3.63, 3.8) is 0 Å². The van der Waals surface area contributed by atoms with Crippen molar-refractivity contribution in [3.05, 3.63) is 29.8 Å². The highest BCUT2D eigenvalue weighted by Crippen LogP contribution is 2.61. The van der Waals surface area contributed by atoms with Crippen LogP contribution in [0.2, 0.25) is 0 Å². The van der Waals surface area contributed by atoms with Gasteiger partial charge >= 0.3 is 0 Å². The van der Waals surface area contributed by atoms with Crippen LogP contribution in [-0.4, -0.2) is 18.9 Å². The van der Waals surface area contributed by atoms with Gasteiger partial charge in [0.2, 0.25) is 0 Å². The van der Waals surface area contributed by atoms with Crippen molar-refractivity contribution in [3.8, 4) is 5.75 Å². The second-order valence-corrected chi connectivity index (χ2v) is 9.83. The van der Waals surface area contributed by atoms with Crippen LogP contribution in [0.3, 0.4) is 0 Å². The Hall–Kier alpha value is -1.31. The zero-order valence-corrected chi connectivity index (χ0v) is 16.8. The highest BCUT2D eigenvalue weighted by atomic mass is 16.5. The van der Waals surface area contributed by atoms with Crippen LogP contribution in [0.1, 0.15) is 71.3 Å². The zero-order chi connectivity index (χ0) is 18.1. The SMILES string of the molecule is CC(C)CCOc1ccc(C=N[C@@H](C)C23CC4CC(CC(C4)C2)C3)cc1. The lowest BCUT2D eigenvalue weighted by atomic mass is 9.48. The summed E-state index contributed by atoms with van der Waals surface area (Å²) in [6, 6.07) is 8.90. The van der Waals surface area contributed by atoms with E-state index in [0.29, 0.717) is 17.4 Å². The predicted molar refractivity (Wildman–Crippen MR) is 109 cm³/mol. The molecule has 26 heavy (non-hydrogen) atoms. The summed E-state index contributed by atoms with van der Waals surface area (Å²) in [6.07, 6.45) is 12.0. The van der Waals surface area contributed by atoms with Crippen LogP contribution in [0, 0.1) is 29.1 Å². The van der Waals surface area contributed by atoms with Crippen LogP contribution >= 0.6 is 0 Å². The molecule has 5 rings (SSSR count). The topological polar surface area (TPSA) is 21.6 Å². The Balaban J connectivity index is 1.35. The normalized spacial score (nSPS) is 33.9. The van der Waals surface area contributed by atoms with E-state index in [-0.39, 0.29) is 0 Å². The molecule has 4 saturated carbocycles. The van der Waals surface area contributed by atoms with Gasteiger partial charge in [-0.15, -0.1) is 0 Å². The molecule has 4 bridgehead atoms. The first-order chi connectivity index (χ1) is 12.5. The summed E-state index contributed by atoms with van der Waals surface area (Å²) in [6.45, 7) is 7.63. The highest BCUT2D eigenvalue weighted by Gasteiger charge is 2.53. The lowest BCUT2D eigenvalue weighted by molar-refractivity contribution is -0.0632. The molecule has 1 atom stereocenters. The molecule has 0 heterocycles. The van der Waals surface area contributed by atoms with Crippen LogP contribution < -0.4 is 4.74 Å². The van der Waals surface area contributed by atoms with E-state index in [0.717, 1.165) is 36.5 Å². The van der Waals surface area contributed by atoms with E-state index in [1.165, 1.54) is 44.1 Å². The Kier molecular flexibility index (Phi) is 5.12. The molecule has 142 valence electrons. The molecule has 0 radical (unpaired) electrons. The minimum absolute atomic E-state index is 0.456. The molecule has 2 heteroatoms. The standard InChI is InChI=1S/C24H35NO/c1-17(2)8-9-26-23-6-4-19(5-7-23)16-25-18(3)24-13-20-10-21(14-24)12-22(11-20)15-24/h4-7,16-18,20-22H,8-15H2,1-3H3/t18-,20?,21?,22?,24?/m0/s1. The largest absolute Gasteiger partial charge is 0.494 e. The summed E-state index contributed by atoms with van der Waals surface area (Å²) in [7, 11) is 0. The molecule has 4 fully saturated rings. The summed E-state index contributed by atoms with van der Waals surface area (Å²) in [5.41, 5.74) is 1.70. The third-order valence-corrected chi connectivity index (χ3v) is 7.26. The Morgan fingerprint density at radius 1 is 1.00 bits per heavy atom. The average Bonchev–Trinajstić information content (AvgIpc) is 2.59. The van der Waals surface area contributed by atoms with E-state index in [1.807, 2.05) is 0 Å². The van der Waals surface area contributed by atoms with Crippen molar-refractivity contribution in [2.45, 2.75) is 71.8 Å². The first kappa shape index (κ1) is 18.1. The molecule has 0 spiro atoms. The van der Waals surface area contributed by atoms with Gasteiger partial charge in [-0.2, -0.15) is 0 Å². The molecule has 0 amide bonds. The monoisotopic (exact) mass is 353 g/mol. The maximum Gasteiger partial charge on any atom is 0.119 e. The summed E-state index contributed by atoms with van der Waals surface area (Å²) >= 11 is 0. The van der Waals surface area contributed by atoms with Crippen molar-refractivity contribution in [1.82, 2.24) is 0 Å². The van der Waals surface area contributed by atoms with Crippen molar-refractivity contribution >= 4 is 6.21 Å². The summed E-state index contributed by atoms with van der Waals surface area (Å²) < 4.78 is 5.82. The summed E-state index contributed by atoms with van der Waals surface area (Å²) in [5.74, 6) is 4.66. The number of hydrogen-bond donors (Lipinski definition) is 0. The number of rotatable bonds is 7. The molecule has 1 aromatic carbocycles. The van der Waals surface area contributed by atoms with Gasteiger partial charge in [-0.25, -0.2) is 0 Å². The van der Waals surface area contributed by atoms with E-state index in [2.05, 4.69) is 51.3 Å². The number of nitrogens with zero attached hydrogens (tertiary/aromatic N) is 1. The van der Waals surface area contributed by atoms with E-state index < -0.39 is 0 Å². The van der Waals surface area contributed by atoms with Gasteiger partial charge in [-0.05, 0) is 111 Å². The van der Waals surface area contributed by atoms with Gasteiger partial charge in [0, 0.05) is 6.21 Å². The molecule has 0 saturated heterocycles. The first-order valence-electron chi connectivity index (χ1n) is 10.8. The second kappa shape index (κ2) is 7.37. The van der Waals surface area contributed by atoms with Gasteiger partial charge < -0.3 is 4.74 Å². The predicted octanol–water partition coefficient (Wildman–Crippen LogP) is 6.14. The fourth-order valence-corrected chi connectivity index (χ4v) is 6.11. The van der Waals surface area contributed by atoms with Crippen LogP contribution in [-0.2, 0) is 0 Å². The smallest absolute Gasteiger partial charge is 0.119 e. The van der Waals surface area contributed by atoms with Gasteiger partial charge in [-0.1, -0.05) is 13.8 Å². The Labute approximate surface area is 159 Å². The highest BCUT2D eigenvalue weighted by molar-refractivity contribution is 5.79. The minimum Gasteiger partial charge on any atom is -0.494 e. The maximum absolute atomic E-state index is 5.82. The summed E-state index contributed by atoms with van der Waals surface area (Å²) in [5, 5.41) is 0. The van der Waals surface area contributed by atoms with Crippen LogP contribution in [0.15, 0.2) is 29.3 Å². The average molecular weight is 354 g/mol. The summed E-state index contributed by atoms with van der Waals surface area (Å²) in [4.78, 5) is 5.03. The number of ether oxygens (including phenoxy) is 1. The number of hydrogen-bond acceptors (Lipinski definition) is 2. The Bertz CT molecular complexity index is 595. The molecule has 4 aliphatic carbocycles. The van der Waals surface area contributed by atoms with Crippen LogP contribution in [0.4, 0.5) is 0 Å². The van der Waals surface area contributed by atoms with Gasteiger partial charge in [0.05, 0.1) is 12.6 Å². The van der Waals surface area contributed by atoms with Crippen LogP contribution in [0.5, 0.6) is 5.75 Å². The van der Waals surface area contributed by atoms with E-state index in [4.69, 9.17) is 9.73 Å². The van der Waals surface area contributed by atoms with Crippen molar-refractivity contribution in [2.75, 3.05) is 6.61 Å². The van der Waals surface area contributed by atoms with Gasteiger partial charge in [0.1, 0.15) is 5.75 Å². The second-order valence-electron chi connectivity index (χ2n) is 9.83. The molecule has 0 unspecified atom stereocenters.